The van der Waals surface area contributed by atoms with E-state index < -0.39 is 10.9 Å². The molecule has 0 aliphatic heterocycles. The summed E-state index contributed by atoms with van der Waals surface area (Å²) in [6, 6.07) is 2.67. The number of carbonyl (C=O) groups is 1. The Morgan fingerprint density at radius 3 is 2.62 bits per heavy atom. The van der Waals surface area contributed by atoms with Crippen molar-refractivity contribution in [3.05, 3.63) is 38.9 Å². The van der Waals surface area contributed by atoms with Gasteiger partial charge in [0.05, 0.1) is 17.6 Å². The van der Waals surface area contributed by atoms with E-state index >= 15 is 0 Å². The first-order chi connectivity index (χ1) is 7.51. The molecule has 6 heteroatoms. The summed E-state index contributed by atoms with van der Waals surface area (Å²) in [5, 5.41) is 11.1. The van der Waals surface area contributed by atoms with Gasteiger partial charge in [-0.3, -0.25) is 10.1 Å². The third-order valence-corrected chi connectivity index (χ3v) is 2.86. The highest BCUT2D eigenvalue weighted by molar-refractivity contribution is 9.08. The molecule has 0 N–H and O–H groups in total. The van der Waals surface area contributed by atoms with Gasteiger partial charge in [-0.05, 0) is 18.1 Å². The molecule has 0 aliphatic rings. The van der Waals surface area contributed by atoms with Crippen molar-refractivity contribution in [1.82, 2.24) is 0 Å². The quantitative estimate of drug-likeness (QED) is 0.371. The Morgan fingerprint density at radius 2 is 2.19 bits per heavy atom. The Hall–Kier alpha value is -1.43. The molecule has 86 valence electrons. The largest absolute Gasteiger partial charge is 0.465 e. The van der Waals surface area contributed by atoms with Gasteiger partial charge in [-0.1, -0.05) is 15.9 Å². The number of nitro benzene ring substituents is 1. The maximum absolute atomic E-state index is 11.4. The molecule has 16 heavy (non-hydrogen) atoms. The fourth-order valence-electron chi connectivity index (χ4n) is 1.32. The molecular formula is C10H10BrNO4. The van der Waals surface area contributed by atoms with E-state index in [2.05, 4.69) is 20.7 Å². The van der Waals surface area contributed by atoms with Crippen LogP contribution in [0, 0.1) is 17.0 Å². The molecule has 1 rings (SSSR count). The van der Waals surface area contributed by atoms with Gasteiger partial charge in [0.15, 0.2) is 0 Å². The molecule has 5 nitrogen and oxygen atoms in total. The number of rotatable bonds is 3. The highest BCUT2D eigenvalue weighted by atomic mass is 79.9. The zero-order valence-electron chi connectivity index (χ0n) is 8.82. The third-order valence-electron chi connectivity index (χ3n) is 2.26. The lowest BCUT2D eigenvalue weighted by atomic mass is 10.0. The van der Waals surface area contributed by atoms with E-state index in [-0.39, 0.29) is 11.3 Å². The number of hydrogen-bond acceptors (Lipinski definition) is 4. The number of methoxy groups -OCH3 is 1. The summed E-state index contributed by atoms with van der Waals surface area (Å²) in [6.07, 6.45) is 0. The molecule has 0 aromatic heterocycles. The molecule has 1 aromatic carbocycles. The van der Waals surface area contributed by atoms with E-state index in [0.29, 0.717) is 16.5 Å². The van der Waals surface area contributed by atoms with Crippen LogP contribution in [0.15, 0.2) is 12.1 Å². The van der Waals surface area contributed by atoms with Crippen LogP contribution in [0.1, 0.15) is 21.5 Å². The van der Waals surface area contributed by atoms with Crippen LogP contribution in [-0.2, 0) is 10.1 Å². The van der Waals surface area contributed by atoms with Gasteiger partial charge in [-0.2, -0.15) is 0 Å². The maximum Gasteiger partial charge on any atom is 0.338 e. The smallest absolute Gasteiger partial charge is 0.338 e. The number of nitro groups is 1. The monoisotopic (exact) mass is 287 g/mol. The Balaban J connectivity index is 3.41. The van der Waals surface area contributed by atoms with Crippen molar-refractivity contribution in [3.8, 4) is 0 Å². The number of non-ortho nitro benzene ring substituents is 1. The molecule has 0 atom stereocenters. The predicted octanol–water partition coefficient (Wildman–Crippen LogP) is 2.58. The standard InChI is InChI=1S/C10H10BrNO4/c1-6-7(5-11)3-8(12(14)15)4-9(6)10(13)16-2/h3-4H,5H2,1-2H3. The lowest BCUT2D eigenvalue weighted by Gasteiger charge is -2.07. The first kappa shape index (κ1) is 12.6. The fraction of sp³-hybridized carbons (Fsp3) is 0.300. The number of alkyl halides is 1. The summed E-state index contributed by atoms with van der Waals surface area (Å²) in [5.41, 5.74) is 1.51. The number of hydrogen-bond donors (Lipinski definition) is 0. The molecule has 0 fully saturated rings. The van der Waals surface area contributed by atoms with Crippen LogP contribution in [0.5, 0.6) is 0 Å². The SMILES string of the molecule is COC(=O)c1cc([N+](=O)[O-])cc(CBr)c1C. The normalized spacial score (nSPS) is 9.94. The number of ether oxygens (including phenoxy) is 1. The number of benzene rings is 1. The molecule has 0 heterocycles. The van der Waals surface area contributed by atoms with Crippen molar-refractivity contribution in [2.45, 2.75) is 12.3 Å². The minimum atomic E-state index is -0.566. The molecule has 0 spiro atoms. The first-order valence-electron chi connectivity index (χ1n) is 4.43. The van der Waals surface area contributed by atoms with Crippen molar-refractivity contribution in [3.63, 3.8) is 0 Å². The second-order valence-electron chi connectivity index (χ2n) is 3.16. The zero-order chi connectivity index (χ0) is 12.3. The average molecular weight is 288 g/mol. The summed E-state index contributed by atoms with van der Waals surface area (Å²) in [7, 11) is 1.24. The molecule has 0 radical (unpaired) electrons. The van der Waals surface area contributed by atoms with Crippen LogP contribution in [0.3, 0.4) is 0 Å². The van der Waals surface area contributed by atoms with E-state index in [1.807, 2.05) is 0 Å². The van der Waals surface area contributed by atoms with Crippen molar-refractivity contribution >= 4 is 27.6 Å². The summed E-state index contributed by atoms with van der Waals surface area (Å²) >= 11 is 3.22. The number of halogens is 1. The van der Waals surface area contributed by atoms with E-state index in [1.54, 1.807) is 6.92 Å². The topological polar surface area (TPSA) is 69.4 Å². The van der Waals surface area contributed by atoms with Gasteiger partial charge in [0.2, 0.25) is 0 Å². The van der Waals surface area contributed by atoms with Crippen molar-refractivity contribution in [2.75, 3.05) is 7.11 Å². The van der Waals surface area contributed by atoms with Gasteiger partial charge in [0, 0.05) is 17.5 Å². The van der Waals surface area contributed by atoms with Gasteiger partial charge in [-0.25, -0.2) is 4.79 Å². The van der Waals surface area contributed by atoms with Crippen molar-refractivity contribution in [1.29, 1.82) is 0 Å². The lowest BCUT2D eigenvalue weighted by molar-refractivity contribution is -0.384. The molecule has 0 amide bonds. The van der Waals surface area contributed by atoms with Crippen LogP contribution >= 0.6 is 15.9 Å². The summed E-state index contributed by atoms with van der Waals surface area (Å²) in [5.74, 6) is -0.566. The minimum Gasteiger partial charge on any atom is -0.465 e. The first-order valence-corrected chi connectivity index (χ1v) is 5.55. The number of nitrogens with zero attached hydrogens (tertiary/aromatic N) is 1. The van der Waals surface area contributed by atoms with Gasteiger partial charge < -0.3 is 4.74 Å². The summed E-state index contributed by atoms with van der Waals surface area (Å²) < 4.78 is 4.57. The fourth-order valence-corrected chi connectivity index (χ4v) is 1.91. The maximum atomic E-state index is 11.4. The van der Waals surface area contributed by atoms with E-state index in [1.165, 1.54) is 19.2 Å². The van der Waals surface area contributed by atoms with Crippen LogP contribution in [0.4, 0.5) is 5.69 Å². The average Bonchev–Trinajstić information content (AvgIpc) is 2.28. The highest BCUT2D eigenvalue weighted by Gasteiger charge is 2.18. The number of carbonyl (C=O) groups excluding carboxylic acids is 1. The Kier molecular flexibility index (Phi) is 4.00. The molecule has 0 saturated heterocycles. The molecular weight excluding hydrogens is 278 g/mol. The molecule has 0 unspecified atom stereocenters. The third kappa shape index (κ3) is 2.38. The number of esters is 1. The van der Waals surface area contributed by atoms with E-state index in [4.69, 9.17) is 0 Å². The summed E-state index contributed by atoms with van der Waals surface area (Å²) in [4.78, 5) is 21.6. The Morgan fingerprint density at radius 1 is 1.56 bits per heavy atom. The van der Waals surface area contributed by atoms with Gasteiger partial charge in [0.25, 0.3) is 5.69 Å². The molecule has 0 aliphatic carbocycles. The second-order valence-corrected chi connectivity index (χ2v) is 3.72. The van der Waals surface area contributed by atoms with Crippen LogP contribution in [-0.4, -0.2) is 18.0 Å². The molecule has 0 bridgehead atoms. The van der Waals surface area contributed by atoms with Gasteiger partial charge in [-0.15, -0.1) is 0 Å². The van der Waals surface area contributed by atoms with Crippen molar-refractivity contribution in [2.24, 2.45) is 0 Å². The minimum absolute atomic E-state index is 0.111. The van der Waals surface area contributed by atoms with E-state index in [9.17, 15) is 14.9 Å². The van der Waals surface area contributed by atoms with Crippen LogP contribution in [0.2, 0.25) is 0 Å². The van der Waals surface area contributed by atoms with Crippen LogP contribution in [0.25, 0.3) is 0 Å². The van der Waals surface area contributed by atoms with Gasteiger partial charge >= 0.3 is 5.97 Å². The Bertz CT molecular complexity index is 445. The second kappa shape index (κ2) is 5.07. The van der Waals surface area contributed by atoms with Crippen LogP contribution < -0.4 is 0 Å². The summed E-state index contributed by atoms with van der Waals surface area (Å²) in [6.45, 7) is 1.73. The lowest BCUT2D eigenvalue weighted by Crippen LogP contribution is -2.06. The van der Waals surface area contributed by atoms with E-state index in [0.717, 1.165) is 0 Å². The Labute approximate surface area is 101 Å². The molecule has 1 aromatic rings. The zero-order valence-corrected chi connectivity index (χ0v) is 10.4. The molecule has 0 saturated carbocycles. The van der Waals surface area contributed by atoms with Crippen molar-refractivity contribution < 1.29 is 14.5 Å². The highest BCUT2D eigenvalue weighted by Crippen LogP contribution is 2.24. The van der Waals surface area contributed by atoms with Gasteiger partial charge in [0.1, 0.15) is 0 Å². The predicted molar refractivity (Wildman–Crippen MR) is 61.8 cm³/mol.